The Morgan fingerprint density at radius 1 is 1.22 bits per heavy atom. The van der Waals surface area contributed by atoms with Crippen LogP contribution >= 0.6 is 0 Å². The van der Waals surface area contributed by atoms with Crippen molar-refractivity contribution in [1.29, 1.82) is 0 Å². The zero-order chi connectivity index (χ0) is 13.9. The number of hydrogen-bond donors (Lipinski definition) is 2. The van der Waals surface area contributed by atoms with Crippen LogP contribution in [-0.2, 0) is 6.54 Å². The maximum atomic E-state index is 13.4. The van der Waals surface area contributed by atoms with Gasteiger partial charge in [0.05, 0.1) is 0 Å². The van der Waals surface area contributed by atoms with Crippen LogP contribution in [0, 0.1) is 11.7 Å². The molecule has 1 unspecified atom stereocenters. The van der Waals surface area contributed by atoms with E-state index in [0.29, 0.717) is 18.5 Å². The smallest absolute Gasteiger partial charge is 0.423 e. The third-order valence-corrected chi connectivity index (χ3v) is 3.37. The number of nitrogens with zero attached hydrogens (tertiary/aromatic N) is 1. The summed E-state index contributed by atoms with van der Waals surface area (Å²) in [5.41, 5.74) is 0.934. The van der Waals surface area contributed by atoms with E-state index in [2.05, 4.69) is 25.7 Å². The molecule has 1 rings (SSSR count). The number of halogens is 1. The van der Waals surface area contributed by atoms with Gasteiger partial charge in [0.2, 0.25) is 0 Å². The summed E-state index contributed by atoms with van der Waals surface area (Å²) >= 11 is 0. The summed E-state index contributed by atoms with van der Waals surface area (Å²) in [5, 5.41) is 18.2. The molecule has 2 N–H and O–H groups in total. The minimum Gasteiger partial charge on any atom is -0.423 e. The molecule has 0 aliphatic rings. The quantitative estimate of drug-likeness (QED) is 0.769. The topological polar surface area (TPSA) is 43.7 Å². The average Bonchev–Trinajstić information content (AvgIpc) is 2.26. The Bertz CT molecular complexity index is 399. The molecule has 1 aromatic carbocycles. The molecule has 0 aliphatic heterocycles. The van der Waals surface area contributed by atoms with Gasteiger partial charge in [-0.3, -0.25) is 4.90 Å². The van der Waals surface area contributed by atoms with Crippen LogP contribution in [0.25, 0.3) is 0 Å². The zero-order valence-corrected chi connectivity index (χ0v) is 11.4. The molecule has 0 amide bonds. The van der Waals surface area contributed by atoms with Crippen molar-refractivity contribution < 1.29 is 14.4 Å². The summed E-state index contributed by atoms with van der Waals surface area (Å²) in [7, 11) is 0.345. The van der Waals surface area contributed by atoms with Crippen molar-refractivity contribution in [3.8, 4) is 0 Å². The van der Waals surface area contributed by atoms with Crippen molar-refractivity contribution in [2.24, 2.45) is 5.92 Å². The van der Waals surface area contributed by atoms with E-state index in [9.17, 15) is 4.39 Å². The summed E-state index contributed by atoms with van der Waals surface area (Å²) in [4.78, 5) is 2.12. The Balaban J connectivity index is 2.84. The first-order chi connectivity index (χ1) is 8.31. The summed E-state index contributed by atoms with van der Waals surface area (Å²) in [6.07, 6.45) is 0. The molecule has 18 heavy (non-hydrogen) atoms. The lowest BCUT2D eigenvalue weighted by Crippen LogP contribution is -2.34. The highest BCUT2D eigenvalue weighted by Crippen LogP contribution is 2.12. The lowest BCUT2D eigenvalue weighted by molar-refractivity contribution is 0.200. The number of hydrogen-bond acceptors (Lipinski definition) is 3. The largest absolute Gasteiger partial charge is 0.488 e. The Morgan fingerprint density at radius 3 is 2.33 bits per heavy atom. The molecule has 1 atom stereocenters. The van der Waals surface area contributed by atoms with Crippen molar-refractivity contribution in [3.63, 3.8) is 0 Å². The molecule has 0 spiro atoms. The molecule has 0 saturated carbocycles. The second kappa shape index (κ2) is 6.32. The van der Waals surface area contributed by atoms with Gasteiger partial charge in [-0.15, -0.1) is 0 Å². The monoisotopic (exact) mass is 253 g/mol. The average molecular weight is 253 g/mol. The van der Waals surface area contributed by atoms with E-state index in [-0.39, 0.29) is 5.46 Å². The first kappa shape index (κ1) is 15.2. The molecule has 0 aliphatic carbocycles. The summed E-state index contributed by atoms with van der Waals surface area (Å²) in [5.74, 6) is 0.0626. The van der Waals surface area contributed by atoms with Gasteiger partial charge < -0.3 is 10.0 Å². The van der Waals surface area contributed by atoms with Crippen molar-refractivity contribution in [2.75, 3.05) is 7.05 Å². The highest BCUT2D eigenvalue weighted by Gasteiger charge is 2.16. The molecule has 5 heteroatoms. The molecule has 0 saturated heterocycles. The van der Waals surface area contributed by atoms with E-state index in [1.165, 1.54) is 6.07 Å². The lowest BCUT2D eigenvalue weighted by Gasteiger charge is -2.28. The molecular weight excluding hydrogens is 232 g/mol. The number of rotatable bonds is 5. The third-order valence-electron chi connectivity index (χ3n) is 3.37. The molecule has 100 valence electrons. The van der Waals surface area contributed by atoms with Gasteiger partial charge in [-0.05, 0) is 43.0 Å². The van der Waals surface area contributed by atoms with Crippen LogP contribution in [0.1, 0.15) is 26.3 Å². The Hall–Kier alpha value is -0.905. The van der Waals surface area contributed by atoms with E-state index in [0.717, 1.165) is 11.6 Å². The SMILES string of the molecule is CC(C)C(C)N(C)Cc1cc(F)cc(B(O)O)c1. The van der Waals surface area contributed by atoms with Crippen LogP contribution in [0.4, 0.5) is 4.39 Å². The highest BCUT2D eigenvalue weighted by molar-refractivity contribution is 6.58. The van der Waals surface area contributed by atoms with Crippen LogP contribution in [0.2, 0.25) is 0 Å². The molecule has 0 radical (unpaired) electrons. The van der Waals surface area contributed by atoms with Crippen LogP contribution in [0.3, 0.4) is 0 Å². The maximum absolute atomic E-state index is 13.4. The van der Waals surface area contributed by atoms with Gasteiger partial charge in [-0.25, -0.2) is 4.39 Å². The predicted molar refractivity (Wildman–Crippen MR) is 72.0 cm³/mol. The minimum atomic E-state index is -1.63. The van der Waals surface area contributed by atoms with Crippen molar-refractivity contribution in [3.05, 3.63) is 29.6 Å². The fourth-order valence-electron chi connectivity index (χ4n) is 1.86. The molecule has 0 aromatic heterocycles. The lowest BCUT2D eigenvalue weighted by atomic mass is 9.79. The van der Waals surface area contributed by atoms with Crippen molar-refractivity contribution >= 4 is 12.6 Å². The summed E-state index contributed by atoms with van der Waals surface area (Å²) in [6.45, 7) is 6.97. The van der Waals surface area contributed by atoms with E-state index in [4.69, 9.17) is 10.0 Å². The summed E-state index contributed by atoms with van der Waals surface area (Å²) in [6, 6.07) is 4.56. The third kappa shape index (κ3) is 4.08. The van der Waals surface area contributed by atoms with E-state index < -0.39 is 12.9 Å². The molecular formula is C13H21BFNO2. The second-order valence-electron chi connectivity index (χ2n) is 5.17. The zero-order valence-electron chi connectivity index (χ0n) is 11.4. The predicted octanol–water partition coefficient (Wildman–Crippen LogP) is 0.982. The van der Waals surface area contributed by atoms with Gasteiger partial charge in [0.15, 0.2) is 0 Å². The highest BCUT2D eigenvalue weighted by atomic mass is 19.1. The first-order valence-electron chi connectivity index (χ1n) is 6.17. The van der Waals surface area contributed by atoms with Gasteiger partial charge in [0.1, 0.15) is 5.82 Å². The molecule has 0 heterocycles. The molecule has 3 nitrogen and oxygen atoms in total. The van der Waals surface area contributed by atoms with Crippen LogP contribution in [0.15, 0.2) is 18.2 Å². The van der Waals surface area contributed by atoms with Crippen molar-refractivity contribution in [2.45, 2.75) is 33.4 Å². The van der Waals surface area contributed by atoms with Crippen LogP contribution in [-0.4, -0.2) is 35.2 Å². The summed E-state index contributed by atoms with van der Waals surface area (Å²) < 4.78 is 13.4. The molecule has 0 fully saturated rings. The van der Waals surface area contributed by atoms with Gasteiger partial charge in [-0.1, -0.05) is 19.9 Å². The minimum absolute atomic E-state index is 0.190. The normalized spacial score (nSPS) is 13.2. The molecule has 1 aromatic rings. The van der Waals surface area contributed by atoms with Crippen molar-refractivity contribution in [1.82, 2.24) is 4.90 Å². The van der Waals surface area contributed by atoms with Crippen LogP contribution in [0.5, 0.6) is 0 Å². The molecule has 0 bridgehead atoms. The van der Waals surface area contributed by atoms with Gasteiger partial charge in [-0.2, -0.15) is 0 Å². The Morgan fingerprint density at radius 2 is 1.83 bits per heavy atom. The fourth-order valence-corrected chi connectivity index (χ4v) is 1.86. The second-order valence-corrected chi connectivity index (χ2v) is 5.17. The van der Waals surface area contributed by atoms with Gasteiger partial charge in [0.25, 0.3) is 0 Å². The number of benzene rings is 1. The van der Waals surface area contributed by atoms with Gasteiger partial charge >= 0.3 is 7.12 Å². The standard InChI is InChI=1S/C13H21BFNO2/c1-9(2)10(3)16(4)8-11-5-12(14(17)18)7-13(15)6-11/h5-7,9-10,17-18H,8H2,1-4H3. The fraction of sp³-hybridized carbons (Fsp3) is 0.538. The van der Waals surface area contributed by atoms with E-state index >= 15 is 0 Å². The van der Waals surface area contributed by atoms with Crippen LogP contribution < -0.4 is 5.46 Å². The van der Waals surface area contributed by atoms with E-state index in [1.54, 1.807) is 6.07 Å². The first-order valence-corrected chi connectivity index (χ1v) is 6.17. The van der Waals surface area contributed by atoms with Gasteiger partial charge in [0, 0.05) is 12.6 Å². The van der Waals surface area contributed by atoms with E-state index in [1.807, 2.05) is 7.05 Å². The maximum Gasteiger partial charge on any atom is 0.488 e. The Kier molecular flexibility index (Phi) is 5.32. The Labute approximate surface area is 108 Å².